The molecule has 1 amide bonds. The summed E-state index contributed by atoms with van der Waals surface area (Å²) in [6.45, 7) is 7.64. The van der Waals surface area contributed by atoms with Gasteiger partial charge in [-0.3, -0.25) is 9.78 Å². The molecule has 4 heterocycles. The van der Waals surface area contributed by atoms with E-state index in [4.69, 9.17) is 5.73 Å². The Hall–Kier alpha value is -4.72. The maximum atomic E-state index is 15.8. The van der Waals surface area contributed by atoms with Gasteiger partial charge in [0.25, 0.3) is 0 Å². The first-order chi connectivity index (χ1) is 19.8. The van der Waals surface area contributed by atoms with Crippen molar-refractivity contribution >= 4 is 38.3 Å². The molecule has 0 unspecified atom stereocenters. The summed E-state index contributed by atoms with van der Waals surface area (Å²) in [6.07, 6.45) is 3.47. The summed E-state index contributed by atoms with van der Waals surface area (Å²) in [5.41, 5.74) is 4.08. The number of rotatable bonds is 5. The van der Waals surface area contributed by atoms with Crippen LogP contribution in [0.15, 0.2) is 58.9 Å². The number of piperazine rings is 1. The van der Waals surface area contributed by atoms with Gasteiger partial charge in [0, 0.05) is 43.8 Å². The second kappa shape index (κ2) is 10.6. The van der Waals surface area contributed by atoms with E-state index in [0.29, 0.717) is 0 Å². The average Bonchev–Trinajstić information content (AvgIpc) is 2.92. The lowest BCUT2D eigenvalue weighted by molar-refractivity contribution is -0.126. The zero-order valence-corrected chi connectivity index (χ0v) is 23.8. The maximum absolute atomic E-state index is 15.8. The van der Waals surface area contributed by atoms with Crippen LogP contribution in [0.5, 0.6) is 0 Å². The van der Waals surface area contributed by atoms with Gasteiger partial charge < -0.3 is 15.5 Å². The molecule has 2 N–H and O–H groups in total. The van der Waals surface area contributed by atoms with Crippen molar-refractivity contribution in [2.45, 2.75) is 24.8 Å². The average molecular weight is 596 g/mol. The number of carbonyl (C=O) groups excluding carboxylic acids is 1. The normalized spacial score (nSPS) is 15.7. The van der Waals surface area contributed by atoms with E-state index in [1.54, 1.807) is 9.80 Å². The van der Waals surface area contributed by atoms with Gasteiger partial charge in [-0.1, -0.05) is 12.6 Å². The van der Waals surface area contributed by atoms with Gasteiger partial charge in [-0.25, -0.2) is 31.5 Å². The minimum atomic E-state index is -3.89. The third-order valence-electron chi connectivity index (χ3n) is 7.16. The summed E-state index contributed by atoms with van der Waals surface area (Å²) in [5, 5.41) is 0.0591. The van der Waals surface area contributed by atoms with Crippen LogP contribution in [0.25, 0.3) is 28.0 Å². The number of aryl methyl sites for hydroxylation is 1. The molecule has 0 radical (unpaired) electrons. The summed E-state index contributed by atoms with van der Waals surface area (Å²) in [7, 11) is -3.89. The standard InChI is InChI=1S/C28H27F2N7O4S/c1-5-22(38)35-11-12-36(15(2)14-35)26-17-13-19(30)24(23-18(29)7-6-8-20(23)31)33-27(17)37(28(39)34-26)25-16(3)32-10-9-21(25)42(4,40)41/h5-10,13,15H,1,11-12,14,31H2,2-4H3/t15-/m0/s1. The second-order valence-corrected chi connectivity index (χ2v) is 12.0. The SMILES string of the molecule is C=CC(=O)N1CCN(c2nc(=O)n(-c3c(S(C)(=O)=O)ccnc3C)c3nc(-c4c(N)cccc4F)c(F)cc23)[C@@H](C)C1. The van der Waals surface area contributed by atoms with E-state index >= 15 is 4.39 Å². The van der Waals surface area contributed by atoms with Gasteiger partial charge in [-0.05, 0) is 44.2 Å². The van der Waals surface area contributed by atoms with E-state index in [1.165, 1.54) is 37.4 Å². The van der Waals surface area contributed by atoms with E-state index in [0.717, 1.165) is 23.0 Å². The number of nitrogens with two attached hydrogens (primary N) is 1. The smallest absolute Gasteiger partial charge is 0.355 e. The van der Waals surface area contributed by atoms with Gasteiger partial charge in [-0.2, -0.15) is 4.98 Å². The van der Waals surface area contributed by atoms with Gasteiger partial charge in [0.1, 0.15) is 17.3 Å². The first-order valence-electron chi connectivity index (χ1n) is 12.8. The van der Waals surface area contributed by atoms with E-state index < -0.39 is 32.9 Å². The van der Waals surface area contributed by atoms with Gasteiger partial charge in [0.2, 0.25) is 5.91 Å². The zero-order valence-electron chi connectivity index (χ0n) is 23.0. The summed E-state index contributed by atoms with van der Waals surface area (Å²) in [4.78, 5) is 42.0. The van der Waals surface area contributed by atoms with Crippen LogP contribution in [0.4, 0.5) is 20.3 Å². The molecule has 14 heteroatoms. The molecule has 218 valence electrons. The van der Waals surface area contributed by atoms with Crippen LogP contribution >= 0.6 is 0 Å². The number of carbonyl (C=O) groups is 1. The number of halogens is 2. The number of sulfone groups is 1. The molecule has 11 nitrogen and oxygen atoms in total. The molecular formula is C28H27F2N7O4S. The highest BCUT2D eigenvalue weighted by molar-refractivity contribution is 7.90. The van der Waals surface area contributed by atoms with E-state index in [2.05, 4.69) is 21.5 Å². The van der Waals surface area contributed by atoms with Crippen LogP contribution in [0.2, 0.25) is 0 Å². The van der Waals surface area contributed by atoms with Crippen molar-refractivity contribution in [3.63, 3.8) is 0 Å². The molecule has 4 aromatic rings. The van der Waals surface area contributed by atoms with Crippen molar-refractivity contribution in [3.05, 3.63) is 77.0 Å². The molecule has 42 heavy (non-hydrogen) atoms. The molecule has 1 atom stereocenters. The van der Waals surface area contributed by atoms with Gasteiger partial charge in [0.05, 0.1) is 27.2 Å². The molecule has 1 aliphatic rings. The predicted octanol–water partition coefficient (Wildman–Crippen LogP) is 2.64. The topological polar surface area (TPSA) is 144 Å². The van der Waals surface area contributed by atoms with Crippen molar-refractivity contribution in [1.82, 2.24) is 24.4 Å². The lowest BCUT2D eigenvalue weighted by Gasteiger charge is -2.40. The molecule has 1 saturated heterocycles. The predicted molar refractivity (Wildman–Crippen MR) is 154 cm³/mol. The first kappa shape index (κ1) is 28.8. The van der Waals surface area contributed by atoms with Crippen LogP contribution < -0.4 is 16.3 Å². The van der Waals surface area contributed by atoms with Crippen LogP contribution in [0.1, 0.15) is 12.6 Å². The van der Waals surface area contributed by atoms with Crippen molar-refractivity contribution in [2.24, 2.45) is 0 Å². The summed E-state index contributed by atoms with van der Waals surface area (Å²) >= 11 is 0. The van der Waals surface area contributed by atoms with Gasteiger partial charge >= 0.3 is 5.69 Å². The molecule has 0 aliphatic carbocycles. The Balaban J connectivity index is 1.86. The number of pyridine rings is 2. The Bertz CT molecular complexity index is 1930. The minimum Gasteiger partial charge on any atom is -0.398 e. The number of amides is 1. The fourth-order valence-corrected chi connectivity index (χ4v) is 6.10. The lowest BCUT2D eigenvalue weighted by atomic mass is 10.1. The molecule has 5 rings (SSSR count). The molecule has 0 spiro atoms. The third-order valence-corrected chi connectivity index (χ3v) is 8.29. The molecule has 1 aliphatic heterocycles. The lowest BCUT2D eigenvalue weighted by Crippen LogP contribution is -2.54. The Morgan fingerprint density at radius 3 is 2.55 bits per heavy atom. The number of hydrogen-bond acceptors (Lipinski definition) is 9. The molecule has 0 saturated carbocycles. The van der Waals surface area contributed by atoms with Crippen molar-refractivity contribution in [1.29, 1.82) is 0 Å². The molecule has 3 aromatic heterocycles. The number of anilines is 2. The molecule has 1 aromatic carbocycles. The zero-order chi connectivity index (χ0) is 30.5. The van der Waals surface area contributed by atoms with Crippen LogP contribution in [0, 0.1) is 18.6 Å². The number of hydrogen-bond donors (Lipinski definition) is 1. The van der Waals surface area contributed by atoms with E-state index in [-0.39, 0.29) is 76.0 Å². The Kier molecular flexibility index (Phi) is 7.27. The fourth-order valence-electron chi connectivity index (χ4n) is 5.20. The Morgan fingerprint density at radius 2 is 1.90 bits per heavy atom. The van der Waals surface area contributed by atoms with E-state index in [9.17, 15) is 22.4 Å². The van der Waals surface area contributed by atoms with Crippen LogP contribution in [-0.4, -0.2) is 70.7 Å². The Labute approximate surface area is 239 Å². The molecule has 0 bridgehead atoms. The van der Waals surface area contributed by atoms with Crippen molar-refractivity contribution in [3.8, 4) is 16.9 Å². The fraction of sp³-hybridized carbons (Fsp3) is 0.250. The second-order valence-electron chi connectivity index (χ2n) is 9.99. The highest BCUT2D eigenvalue weighted by Gasteiger charge is 2.31. The van der Waals surface area contributed by atoms with Gasteiger partial charge in [-0.15, -0.1) is 0 Å². The number of nitrogens with zero attached hydrogens (tertiary/aromatic N) is 6. The van der Waals surface area contributed by atoms with Crippen LogP contribution in [0.3, 0.4) is 0 Å². The number of nitrogen functional groups attached to an aromatic ring is 1. The van der Waals surface area contributed by atoms with Gasteiger partial charge in [0.15, 0.2) is 21.3 Å². The van der Waals surface area contributed by atoms with Crippen molar-refractivity contribution < 1.29 is 22.0 Å². The third kappa shape index (κ3) is 4.87. The number of fused-ring (bicyclic) bond motifs is 1. The Morgan fingerprint density at radius 1 is 1.17 bits per heavy atom. The first-order valence-corrected chi connectivity index (χ1v) is 14.7. The summed E-state index contributed by atoms with van der Waals surface area (Å²) in [6, 6.07) is 5.79. The number of benzene rings is 1. The van der Waals surface area contributed by atoms with Crippen LogP contribution in [-0.2, 0) is 14.6 Å². The highest BCUT2D eigenvalue weighted by atomic mass is 32.2. The summed E-state index contributed by atoms with van der Waals surface area (Å²) < 4.78 is 57.2. The quantitative estimate of drug-likeness (QED) is 0.272. The largest absolute Gasteiger partial charge is 0.398 e. The number of aromatic nitrogens is 4. The summed E-state index contributed by atoms with van der Waals surface area (Å²) in [5.74, 6) is -1.96. The molecule has 1 fully saturated rings. The maximum Gasteiger partial charge on any atom is 0.355 e. The van der Waals surface area contributed by atoms with Crippen molar-refractivity contribution in [2.75, 3.05) is 36.5 Å². The highest BCUT2D eigenvalue weighted by Crippen LogP contribution is 2.35. The monoisotopic (exact) mass is 595 g/mol. The van der Waals surface area contributed by atoms with E-state index in [1.807, 2.05) is 6.92 Å². The molecular weight excluding hydrogens is 568 g/mol. The minimum absolute atomic E-state index is 0.0591.